The van der Waals surface area contributed by atoms with E-state index in [2.05, 4.69) is 9.85 Å². The van der Waals surface area contributed by atoms with Gasteiger partial charge in [-0.15, -0.1) is 0 Å². The van der Waals surface area contributed by atoms with Crippen molar-refractivity contribution < 1.29 is 4.42 Å². The number of halogens is 1. The Balaban J connectivity index is 2.88. The second-order valence-corrected chi connectivity index (χ2v) is 1.74. The van der Waals surface area contributed by atoms with Crippen molar-refractivity contribution >= 4 is 22.6 Å². The number of hydrogen-bond acceptors (Lipinski definition) is 1. The largest absolute Gasteiger partial charge is 0.456 e. The minimum absolute atomic E-state index is 0.722. The molecule has 0 radical (unpaired) electrons. The highest BCUT2D eigenvalue weighted by molar-refractivity contribution is 14.1. The molecule has 0 saturated heterocycles. The third-order valence-corrected chi connectivity index (χ3v) is 0.961. The first-order valence-electron chi connectivity index (χ1n) is 2.08. The van der Waals surface area contributed by atoms with E-state index in [9.17, 15) is 0 Å². The fourth-order valence-electron chi connectivity index (χ4n) is 0.396. The molecular formula is C6H3IO. The average Bonchev–Trinajstić information content (AvgIpc) is 2.19. The molecule has 0 atom stereocenters. The molecule has 0 aromatic carbocycles. The number of rotatable bonds is 0. The second kappa shape index (κ2) is 2.78. The van der Waals surface area contributed by atoms with E-state index in [1.807, 2.05) is 34.7 Å². The molecule has 0 bridgehead atoms. The van der Waals surface area contributed by atoms with E-state index in [1.54, 1.807) is 6.26 Å². The van der Waals surface area contributed by atoms with Crippen LogP contribution in [0.5, 0.6) is 0 Å². The first kappa shape index (κ1) is 5.70. The normalized spacial score (nSPS) is 7.62. The van der Waals surface area contributed by atoms with Gasteiger partial charge in [-0.1, -0.05) is 0 Å². The molecule has 0 spiro atoms. The van der Waals surface area contributed by atoms with E-state index in [0.717, 1.165) is 5.76 Å². The second-order valence-electron chi connectivity index (χ2n) is 1.20. The zero-order valence-corrected chi connectivity index (χ0v) is 6.18. The Bertz CT molecular complexity index is 202. The van der Waals surface area contributed by atoms with Crippen LogP contribution < -0.4 is 0 Å². The van der Waals surface area contributed by atoms with Crippen LogP contribution in [0, 0.1) is 9.85 Å². The van der Waals surface area contributed by atoms with Crippen LogP contribution in [0.4, 0.5) is 0 Å². The molecule has 8 heavy (non-hydrogen) atoms. The summed E-state index contributed by atoms with van der Waals surface area (Å²) in [5, 5.41) is 0. The summed E-state index contributed by atoms with van der Waals surface area (Å²) in [4.78, 5) is 0. The molecule has 2 heteroatoms. The SMILES string of the molecule is IC#Cc1ccco1. The molecule has 1 aromatic rings. The van der Waals surface area contributed by atoms with Crippen molar-refractivity contribution in [1.29, 1.82) is 0 Å². The summed E-state index contributed by atoms with van der Waals surface area (Å²) in [7, 11) is 0. The van der Waals surface area contributed by atoms with Crippen molar-refractivity contribution in [3.8, 4) is 9.85 Å². The molecule has 0 aliphatic heterocycles. The third kappa shape index (κ3) is 1.27. The first-order valence-corrected chi connectivity index (χ1v) is 3.16. The maximum Gasteiger partial charge on any atom is 0.177 e. The van der Waals surface area contributed by atoms with Crippen molar-refractivity contribution in [1.82, 2.24) is 0 Å². The topological polar surface area (TPSA) is 13.1 Å². The maximum atomic E-state index is 4.90. The molecule has 0 unspecified atom stereocenters. The standard InChI is InChI=1S/C6H3IO/c7-4-3-6-2-1-5-8-6/h1-2,5H. The van der Waals surface area contributed by atoms with E-state index in [1.165, 1.54) is 0 Å². The van der Waals surface area contributed by atoms with E-state index < -0.39 is 0 Å². The lowest BCUT2D eigenvalue weighted by Crippen LogP contribution is -1.56. The Labute approximate surface area is 61.2 Å². The van der Waals surface area contributed by atoms with Gasteiger partial charge in [0.2, 0.25) is 0 Å². The molecule has 0 aliphatic carbocycles. The van der Waals surface area contributed by atoms with Crippen LogP contribution in [0.3, 0.4) is 0 Å². The Morgan fingerprint density at radius 3 is 3.00 bits per heavy atom. The molecule has 0 fully saturated rings. The lowest BCUT2D eigenvalue weighted by Gasteiger charge is -1.70. The summed E-state index contributed by atoms with van der Waals surface area (Å²) in [5.41, 5.74) is 0. The summed E-state index contributed by atoms with van der Waals surface area (Å²) in [6.45, 7) is 0. The molecule has 0 N–H and O–H groups in total. The Morgan fingerprint density at radius 1 is 1.62 bits per heavy atom. The number of furan rings is 1. The van der Waals surface area contributed by atoms with Crippen molar-refractivity contribution in [2.45, 2.75) is 0 Å². The highest BCUT2D eigenvalue weighted by Gasteiger charge is 1.82. The molecule has 1 rings (SSSR count). The van der Waals surface area contributed by atoms with Crippen LogP contribution in [0.2, 0.25) is 0 Å². The predicted molar refractivity (Wildman–Crippen MR) is 39.6 cm³/mol. The third-order valence-electron chi connectivity index (χ3n) is 0.692. The molecule has 0 aliphatic rings. The van der Waals surface area contributed by atoms with E-state index in [4.69, 9.17) is 4.42 Å². The molecule has 1 heterocycles. The van der Waals surface area contributed by atoms with Crippen molar-refractivity contribution in [3.63, 3.8) is 0 Å². The van der Waals surface area contributed by atoms with Crippen LogP contribution in [0.1, 0.15) is 5.76 Å². The van der Waals surface area contributed by atoms with Gasteiger partial charge in [0.1, 0.15) is 0 Å². The molecule has 0 saturated carbocycles. The average molecular weight is 218 g/mol. The van der Waals surface area contributed by atoms with Gasteiger partial charge < -0.3 is 4.42 Å². The highest BCUT2D eigenvalue weighted by atomic mass is 127. The molecule has 1 aromatic heterocycles. The van der Waals surface area contributed by atoms with E-state index >= 15 is 0 Å². The Morgan fingerprint density at radius 2 is 2.50 bits per heavy atom. The van der Waals surface area contributed by atoms with Gasteiger partial charge in [-0.2, -0.15) is 0 Å². The minimum atomic E-state index is 0.722. The van der Waals surface area contributed by atoms with Crippen LogP contribution in [0.15, 0.2) is 22.8 Å². The summed E-state index contributed by atoms with van der Waals surface area (Å²) >= 11 is 1.97. The molecule has 40 valence electrons. The van der Waals surface area contributed by atoms with Gasteiger partial charge in [-0.25, -0.2) is 0 Å². The first-order chi connectivity index (χ1) is 3.93. The zero-order valence-electron chi connectivity index (χ0n) is 4.02. The van der Waals surface area contributed by atoms with Crippen molar-refractivity contribution in [3.05, 3.63) is 24.2 Å². The summed E-state index contributed by atoms with van der Waals surface area (Å²) in [6, 6.07) is 3.64. The summed E-state index contributed by atoms with van der Waals surface area (Å²) < 4.78 is 7.59. The Hall–Kier alpha value is -0.430. The van der Waals surface area contributed by atoms with Crippen molar-refractivity contribution in [2.24, 2.45) is 0 Å². The lowest BCUT2D eigenvalue weighted by atomic mass is 10.5. The van der Waals surface area contributed by atoms with Gasteiger partial charge in [0, 0.05) is 22.6 Å². The van der Waals surface area contributed by atoms with E-state index in [-0.39, 0.29) is 0 Å². The van der Waals surface area contributed by atoms with Crippen LogP contribution in [0.25, 0.3) is 0 Å². The van der Waals surface area contributed by atoms with Crippen LogP contribution in [-0.4, -0.2) is 0 Å². The monoisotopic (exact) mass is 218 g/mol. The van der Waals surface area contributed by atoms with Gasteiger partial charge in [-0.05, 0) is 22.0 Å². The van der Waals surface area contributed by atoms with E-state index in [0.29, 0.717) is 0 Å². The summed E-state index contributed by atoms with van der Waals surface area (Å²) in [6.07, 6.45) is 1.61. The lowest BCUT2D eigenvalue weighted by molar-refractivity contribution is 0.554. The van der Waals surface area contributed by atoms with Crippen molar-refractivity contribution in [2.75, 3.05) is 0 Å². The number of hydrogen-bond donors (Lipinski definition) is 0. The summed E-state index contributed by atoms with van der Waals surface area (Å²) in [5.74, 6) is 3.48. The molecule has 0 amide bonds. The molecular weight excluding hydrogens is 215 g/mol. The van der Waals surface area contributed by atoms with Crippen LogP contribution >= 0.6 is 22.6 Å². The zero-order chi connectivity index (χ0) is 5.82. The minimum Gasteiger partial charge on any atom is -0.456 e. The fourth-order valence-corrected chi connectivity index (χ4v) is 0.662. The molecule has 1 nitrogen and oxygen atoms in total. The fraction of sp³-hybridized carbons (Fsp3) is 0. The predicted octanol–water partition coefficient (Wildman–Crippen LogP) is 2.02. The highest BCUT2D eigenvalue weighted by Crippen LogP contribution is 1.96. The maximum absolute atomic E-state index is 4.90. The smallest absolute Gasteiger partial charge is 0.177 e. The quantitative estimate of drug-likeness (QED) is 0.479. The Kier molecular flexibility index (Phi) is 1.98. The van der Waals surface area contributed by atoms with Crippen LogP contribution in [-0.2, 0) is 0 Å². The van der Waals surface area contributed by atoms with Gasteiger partial charge in [0.25, 0.3) is 0 Å². The van der Waals surface area contributed by atoms with Gasteiger partial charge in [-0.3, -0.25) is 0 Å². The van der Waals surface area contributed by atoms with Gasteiger partial charge >= 0.3 is 0 Å². The van der Waals surface area contributed by atoms with Gasteiger partial charge in [0.05, 0.1) is 6.26 Å². The van der Waals surface area contributed by atoms with Gasteiger partial charge in [0.15, 0.2) is 5.76 Å².